The lowest BCUT2D eigenvalue weighted by atomic mass is 10.3. The summed E-state index contributed by atoms with van der Waals surface area (Å²) in [5.74, 6) is 0. The van der Waals surface area contributed by atoms with Crippen molar-refractivity contribution in [2.24, 2.45) is 5.73 Å². The molecule has 1 saturated carbocycles. The summed E-state index contributed by atoms with van der Waals surface area (Å²) >= 11 is 4.94. The molecule has 0 saturated heterocycles. The van der Waals surface area contributed by atoms with E-state index in [0.29, 0.717) is 0 Å². The van der Waals surface area contributed by atoms with Crippen LogP contribution in [0.4, 0.5) is 0 Å². The lowest BCUT2D eigenvalue weighted by Gasteiger charge is -2.00. The highest BCUT2D eigenvalue weighted by molar-refractivity contribution is 9.11. The Bertz CT molecular complexity index is 254. The van der Waals surface area contributed by atoms with E-state index in [4.69, 9.17) is 5.73 Å². The van der Waals surface area contributed by atoms with Gasteiger partial charge in [-0.3, -0.25) is 0 Å². The maximum absolute atomic E-state index is 5.93. The van der Waals surface area contributed by atoms with Gasteiger partial charge in [0.2, 0.25) is 0 Å². The fourth-order valence-electron chi connectivity index (χ4n) is 0.864. The van der Waals surface area contributed by atoms with Crippen LogP contribution in [-0.2, 0) is 5.54 Å². The molecule has 0 bridgehead atoms. The van der Waals surface area contributed by atoms with Gasteiger partial charge in [-0.1, -0.05) is 0 Å². The topological polar surface area (TPSA) is 38.9 Å². The second kappa shape index (κ2) is 2.03. The molecule has 10 heavy (non-hydrogen) atoms. The molecule has 0 amide bonds. The number of thiazole rings is 1. The van der Waals surface area contributed by atoms with Gasteiger partial charge in [-0.2, -0.15) is 0 Å². The number of hydrogen-bond acceptors (Lipinski definition) is 3. The standard InChI is InChI=1S/C6H7BrN2S/c7-5-9-3-4(10-5)6(8)1-2-6/h3H,1-2,8H2. The van der Waals surface area contributed by atoms with Crippen LogP contribution >= 0.6 is 27.3 Å². The van der Waals surface area contributed by atoms with E-state index < -0.39 is 0 Å². The molecule has 0 spiro atoms. The summed E-state index contributed by atoms with van der Waals surface area (Å²) < 4.78 is 0.930. The average Bonchev–Trinajstić information content (AvgIpc) is 2.45. The monoisotopic (exact) mass is 218 g/mol. The molecule has 0 aliphatic heterocycles. The molecule has 1 heterocycles. The van der Waals surface area contributed by atoms with Crippen molar-refractivity contribution < 1.29 is 0 Å². The third kappa shape index (κ3) is 1.00. The van der Waals surface area contributed by atoms with E-state index in [0.717, 1.165) is 16.8 Å². The van der Waals surface area contributed by atoms with E-state index in [1.807, 2.05) is 6.20 Å². The summed E-state index contributed by atoms with van der Waals surface area (Å²) in [4.78, 5) is 5.29. The predicted molar refractivity (Wildman–Crippen MR) is 44.9 cm³/mol. The maximum Gasteiger partial charge on any atom is 0.159 e. The Morgan fingerprint density at radius 1 is 1.70 bits per heavy atom. The van der Waals surface area contributed by atoms with Crippen LogP contribution in [-0.4, -0.2) is 4.98 Å². The number of nitrogens with two attached hydrogens (primary N) is 1. The molecular formula is C6H7BrN2S. The largest absolute Gasteiger partial charge is 0.321 e. The first-order chi connectivity index (χ1) is 4.71. The third-order valence-electron chi connectivity index (χ3n) is 1.76. The van der Waals surface area contributed by atoms with Gasteiger partial charge < -0.3 is 5.73 Å². The number of nitrogens with zero attached hydrogens (tertiary/aromatic N) is 1. The molecule has 2 rings (SSSR count). The number of hydrogen-bond donors (Lipinski definition) is 1. The van der Waals surface area contributed by atoms with Gasteiger partial charge in [0, 0.05) is 11.1 Å². The Hall–Kier alpha value is 0.0700. The Labute approximate surface area is 71.6 Å². The van der Waals surface area contributed by atoms with E-state index >= 15 is 0 Å². The van der Waals surface area contributed by atoms with Crippen molar-refractivity contribution in [3.63, 3.8) is 0 Å². The van der Waals surface area contributed by atoms with Gasteiger partial charge in [-0.05, 0) is 28.8 Å². The van der Waals surface area contributed by atoms with Crippen molar-refractivity contribution in [3.05, 3.63) is 15.0 Å². The minimum absolute atomic E-state index is 0.0102. The zero-order valence-corrected chi connectivity index (χ0v) is 7.70. The SMILES string of the molecule is NC1(c2cnc(Br)s2)CC1. The van der Waals surface area contributed by atoms with Crippen LogP contribution in [0.15, 0.2) is 10.1 Å². The first-order valence-electron chi connectivity index (χ1n) is 3.11. The second-order valence-electron chi connectivity index (χ2n) is 2.63. The minimum atomic E-state index is -0.0102. The second-order valence-corrected chi connectivity index (χ2v) is 4.94. The van der Waals surface area contributed by atoms with E-state index in [9.17, 15) is 0 Å². The van der Waals surface area contributed by atoms with E-state index in [2.05, 4.69) is 20.9 Å². The molecule has 2 nitrogen and oxygen atoms in total. The molecule has 0 atom stereocenters. The first-order valence-corrected chi connectivity index (χ1v) is 4.72. The third-order valence-corrected chi connectivity index (χ3v) is 3.45. The van der Waals surface area contributed by atoms with Crippen LogP contribution in [0, 0.1) is 0 Å². The average molecular weight is 219 g/mol. The zero-order valence-electron chi connectivity index (χ0n) is 5.30. The number of rotatable bonds is 1. The van der Waals surface area contributed by atoms with Gasteiger partial charge in [0.1, 0.15) is 0 Å². The summed E-state index contributed by atoms with van der Waals surface area (Å²) in [6.07, 6.45) is 4.09. The van der Waals surface area contributed by atoms with E-state index in [1.54, 1.807) is 11.3 Å². The molecule has 0 aromatic carbocycles. The molecule has 1 aliphatic rings. The van der Waals surface area contributed by atoms with Crippen LogP contribution in [0.1, 0.15) is 17.7 Å². The predicted octanol–water partition coefficient (Wildman–Crippen LogP) is 1.85. The molecule has 1 fully saturated rings. The molecular weight excluding hydrogens is 212 g/mol. The highest BCUT2D eigenvalue weighted by Gasteiger charge is 2.41. The number of aromatic nitrogens is 1. The van der Waals surface area contributed by atoms with Crippen molar-refractivity contribution in [3.8, 4) is 0 Å². The van der Waals surface area contributed by atoms with Crippen LogP contribution < -0.4 is 5.73 Å². The van der Waals surface area contributed by atoms with Gasteiger partial charge in [-0.25, -0.2) is 4.98 Å². The number of halogens is 1. The Morgan fingerprint density at radius 2 is 2.40 bits per heavy atom. The minimum Gasteiger partial charge on any atom is -0.321 e. The molecule has 0 unspecified atom stereocenters. The van der Waals surface area contributed by atoms with Crippen LogP contribution in [0.3, 0.4) is 0 Å². The fraction of sp³-hybridized carbons (Fsp3) is 0.500. The highest BCUT2D eigenvalue weighted by atomic mass is 79.9. The van der Waals surface area contributed by atoms with E-state index in [1.165, 1.54) is 4.88 Å². The van der Waals surface area contributed by atoms with Crippen molar-refractivity contribution >= 4 is 27.3 Å². The summed E-state index contributed by atoms with van der Waals surface area (Å²) in [5.41, 5.74) is 5.92. The molecule has 54 valence electrons. The van der Waals surface area contributed by atoms with Crippen LogP contribution in [0.2, 0.25) is 0 Å². The first kappa shape index (κ1) is 6.76. The summed E-state index contributed by atoms with van der Waals surface area (Å²) in [7, 11) is 0. The molecule has 1 aliphatic carbocycles. The Morgan fingerprint density at radius 3 is 2.80 bits per heavy atom. The van der Waals surface area contributed by atoms with Gasteiger partial charge in [0.25, 0.3) is 0 Å². The van der Waals surface area contributed by atoms with Crippen molar-refractivity contribution in [2.75, 3.05) is 0 Å². The van der Waals surface area contributed by atoms with Gasteiger partial charge in [0.05, 0.1) is 5.54 Å². The summed E-state index contributed by atoms with van der Waals surface area (Å²) in [6, 6.07) is 0. The van der Waals surface area contributed by atoms with Crippen LogP contribution in [0.5, 0.6) is 0 Å². The lowest BCUT2D eigenvalue weighted by Crippen LogP contribution is -2.16. The van der Waals surface area contributed by atoms with Gasteiger partial charge >= 0.3 is 0 Å². The summed E-state index contributed by atoms with van der Waals surface area (Å²) in [5, 5.41) is 0. The van der Waals surface area contributed by atoms with Gasteiger partial charge in [0.15, 0.2) is 3.92 Å². The van der Waals surface area contributed by atoms with Crippen LogP contribution in [0.25, 0.3) is 0 Å². The molecule has 2 N–H and O–H groups in total. The smallest absolute Gasteiger partial charge is 0.159 e. The zero-order chi connectivity index (χ0) is 7.19. The summed E-state index contributed by atoms with van der Waals surface area (Å²) in [6.45, 7) is 0. The van der Waals surface area contributed by atoms with Gasteiger partial charge in [-0.15, -0.1) is 11.3 Å². The Kier molecular flexibility index (Phi) is 1.37. The van der Waals surface area contributed by atoms with E-state index in [-0.39, 0.29) is 5.54 Å². The molecule has 4 heteroatoms. The molecule has 1 aromatic rings. The molecule has 0 radical (unpaired) electrons. The Balaban J connectivity index is 2.34. The maximum atomic E-state index is 5.93. The van der Waals surface area contributed by atoms with Crippen molar-refractivity contribution in [1.82, 2.24) is 4.98 Å². The van der Waals surface area contributed by atoms with Crippen molar-refractivity contribution in [1.29, 1.82) is 0 Å². The quantitative estimate of drug-likeness (QED) is 0.782. The van der Waals surface area contributed by atoms with Crippen molar-refractivity contribution in [2.45, 2.75) is 18.4 Å². The lowest BCUT2D eigenvalue weighted by molar-refractivity contribution is 0.756. The normalized spacial score (nSPS) is 21.0. The fourth-order valence-corrected chi connectivity index (χ4v) is 2.29. The molecule has 1 aromatic heterocycles. The highest BCUT2D eigenvalue weighted by Crippen LogP contribution is 2.45.